The smallest absolute Gasteiger partial charge is 0.0672 e. The Morgan fingerprint density at radius 2 is 1.87 bits per heavy atom. The molecule has 0 spiro atoms. The molecule has 0 amide bonds. The topological polar surface area (TPSA) is 21.3 Å². The van der Waals surface area contributed by atoms with E-state index in [1.54, 1.807) is 0 Å². The summed E-state index contributed by atoms with van der Waals surface area (Å²) in [7, 11) is 0. The molecule has 1 aromatic carbocycles. The first-order chi connectivity index (χ1) is 7.15. The molecule has 82 valence electrons. The highest BCUT2D eigenvalue weighted by atomic mass is 16.5. The fraction of sp³-hybridized carbons (Fsp3) is 0.538. The largest absolute Gasteiger partial charge is 0.375 e. The SMILES string of the molecule is Cc1cc(C)cc(C2COC(C)CN2)c1. The molecule has 1 aliphatic rings. The van der Waals surface area contributed by atoms with Crippen LogP contribution in [0.3, 0.4) is 0 Å². The van der Waals surface area contributed by atoms with Crippen molar-refractivity contribution in [1.82, 2.24) is 5.32 Å². The minimum Gasteiger partial charge on any atom is -0.375 e. The van der Waals surface area contributed by atoms with Crippen molar-refractivity contribution in [2.75, 3.05) is 13.2 Å². The number of benzene rings is 1. The van der Waals surface area contributed by atoms with Crippen LogP contribution in [-0.4, -0.2) is 19.3 Å². The Hall–Kier alpha value is -0.860. The molecule has 2 unspecified atom stereocenters. The third kappa shape index (κ3) is 2.58. The highest BCUT2D eigenvalue weighted by molar-refractivity contribution is 5.30. The summed E-state index contributed by atoms with van der Waals surface area (Å²) in [5, 5.41) is 3.51. The van der Waals surface area contributed by atoms with Gasteiger partial charge in [0.25, 0.3) is 0 Å². The van der Waals surface area contributed by atoms with Crippen LogP contribution in [0.5, 0.6) is 0 Å². The monoisotopic (exact) mass is 205 g/mol. The van der Waals surface area contributed by atoms with Crippen LogP contribution in [0.25, 0.3) is 0 Å². The standard InChI is InChI=1S/C13H19NO/c1-9-4-10(2)6-12(5-9)13-8-15-11(3)7-14-13/h4-6,11,13-14H,7-8H2,1-3H3. The van der Waals surface area contributed by atoms with Crippen molar-refractivity contribution in [2.24, 2.45) is 0 Å². The summed E-state index contributed by atoms with van der Waals surface area (Å²) < 4.78 is 5.66. The Labute approximate surface area is 91.6 Å². The van der Waals surface area contributed by atoms with Crippen molar-refractivity contribution >= 4 is 0 Å². The molecule has 15 heavy (non-hydrogen) atoms. The summed E-state index contributed by atoms with van der Waals surface area (Å²) in [5.74, 6) is 0. The molecule has 2 atom stereocenters. The van der Waals surface area contributed by atoms with Crippen LogP contribution < -0.4 is 5.32 Å². The molecule has 0 saturated carbocycles. The van der Waals surface area contributed by atoms with Crippen molar-refractivity contribution in [2.45, 2.75) is 32.9 Å². The molecule has 2 rings (SSSR count). The van der Waals surface area contributed by atoms with Crippen LogP contribution in [-0.2, 0) is 4.74 Å². The molecule has 0 radical (unpaired) electrons. The van der Waals surface area contributed by atoms with E-state index in [2.05, 4.69) is 44.3 Å². The third-order valence-corrected chi connectivity index (χ3v) is 2.85. The van der Waals surface area contributed by atoms with E-state index < -0.39 is 0 Å². The molecule has 2 heteroatoms. The van der Waals surface area contributed by atoms with Crippen molar-refractivity contribution < 1.29 is 4.74 Å². The highest BCUT2D eigenvalue weighted by Crippen LogP contribution is 2.20. The van der Waals surface area contributed by atoms with Gasteiger partial charge in [-0.1, -0.05) is 29.3 Å². The Morgan fingerprint density at radius 3 is 2.40 bits per heavy atom. The molecule has 1 fully saturated rings. The van der Waals surface area contributed by atoms with Crippen LogP contribution in [0, 0.1) is 13.8 Å². The van der Waals surface area contributed by atoms with Gasteiger partial charge in [-0.15, -0.1) is 0 Å². The molecule has 1 heterocycles. The summed E-state index contributed by atoms with van der Waals surface area (Å²) in [5.41, 5.74) is 4.00. The quantitative estimate of drug-likeness (QED) is 0.760. The van der Waals surface area contributed by atoms with Crippen LogP contribution >= 0.6 is 0 Å². The first-order valence-corrected chi connectivity index (χ1v) is 5.58. The van der Waals surface area contributed by atoms with Crippen LogP contribution in [0.1, 0.15) is 29.7 Å². The second-order valence-electron chi connectivity index (χ2n) is 4.53. The van der Waals surface area contributed by atoms with Crippen molar-refractivity contribution in [1.29, 1.82) is 0 Å². The van der Waals surface area contributed by atoms with Crippen LogP contribution in [0.2, 0.25) is 0 Å². The molecule has 0 aliphatic carbocycles. The number of hydrogen-bond acceptors (Lipinski definition) is 2. The van der Waals surface area contributed by atoms with Gasteiger partial charge in [-0.3, -0.25) is 0 Å². The molecule has 1 N–H and O–H groups in total. The van der Waals surface area contributed by atoms with Gasteiger partial charge < -0.3 is 10.1 Å². The Bertz CT molecular complexity index is 320. The predicted octanol–water partition coefficient (Wildman–Crippen LogP) is 2.35. The van der Waals surface area contributed by atoms with Gasteiger partial charge in [0, 0.05) is 6.54 Å². The zero-order valence-corrected chi connectivity index (χ0v) is 9.71. The molecule has 1 aliphatic heterocycles. The normalized spacial score (nSPS) is 26.6. The summed E-state index contributed by atoms with van der Waals surface area (Å²) in [6.07, 6.45) is 0.340. The Morgan fingerprint density at radius 1 is 1.20 bits per heavy atom. The number of rotatable bonds is 1. The van der Waals surface area contributed by atoms with E-state index in [-0.39, 0.29) is 0 Å². The van der Waals surface area contributed by atoms with Gasteiger partial charge in [0.05, 0.1) is 18.8 Å². The van der Waals surface area contributed by atoms with E-state index in [4.69, 9.17) is 4.74 Å². The lowest BCUT2D eigenvalue weighted by Gasteiger charge is -2.29. The maximum absolute atomic E-state index is 5.66. The second-order valence-corrected chi connectivity index (χ2v) is 4.53. The minimum absolute atomic E-state index is 0.340. The summed E-state index contributed by atoms with van der Waals surface area (Å²) in [6, 6.07) is 7.05. The first-order valence-electron chi connectivity index (χ1n) is 5.58. The van der Waals surface area contributed by atoms with Gasteiger partial charge in [0.1, 0.15) is 0 Å². The maximum Gasteiger partial charge on any atom is 0.0672 e. The second kappa shape index (κ2) is 4.33. The summed E-state index contributed by atoms with van der Waals surface area (Å²) in [6.45, 7) is 8.11. The van der Waals surface area contributed by atoms with Crippen LogP contribution in [0.4, 0.5) is 0 Å². The molecule has 2 nitrogen and oxygen atoms in total. The van der Waals surface area contributed by atoms with Crippen LogP contribution in [0.15, 0.2) is 18.2 Å². The zero-order valence-electron chi connectivity index (χ0n) is 9.71. The summed E-state index contributed by atoms with van der Waals surface area (Å²) >= 11 is 0. The van der Waals surface area contributed by atoms with Gasteiger partial charge in [0.15, 0.2) is 0 Å². The molecular formula is C13H19NO. The lowest BCUT2D eigenvalue weighted by Crippen LogP contribution is -2.39. The third-order valence-electron chi connectivity index (χ3n) is 2.85. The average Bonchev–Trinajstić information content (AvgIpc) is 2.17. The van der Waals surface area contributed by atoms with Gasteiger partial charge in [-0.05, 0) is 26.3 Å². The van der Waals surface area contributed by atoms with E-state index >= 15 is 0 Å². The molecule has 0 aromatic heterocycles. The zero-order chi connectivity index (χ0) is 10.8. The lowest BCUT2D eigenvalue weighted by atomic mass is 10.0. The maximum atomic E-state index is 5.66. The van der Waals surface area contributed by atoms with Crippen molar-refractivity contribution in [3.63, 3.8) is 0 Å². The molecule has 1 aromatic rings. The van der Waals surface area contributed by atoms with Gasteiger partial charge in [0.2, 0.25) is 0 Å². The van der Waals surface area contributed by atoms with E-state index in [0.717, 1.165) is 13.2 Å². The number of aryl methyl sites for hydroxylation is 2. The van der Waals surface area contributed by atoms with Gasteiger partial charge in [-0.25, -0.2) is 0 Å². The van der Waals surface area contributed by atoms with E-state index in [0.29, 0.717) is 12.1 Å². The first kappa shape index (κ1) is 10.7. The molecule has 1 saturated heterocycles. The van der Waals surface area contributed by atoms with Gasteiger partial charge >= 0.3 is 0 Å². The number of morpholine rings is 1. The van der Waals surface area contributed by atoms with Crippen molar-refractivity contribution in [3.8, 4) is 0 Å². The van der Waals surface area contributed by atoms with Gasteiger partial charge in [-0.2, -0.15) is 0 Å². The predicted molar refractivity (Wildman–Crippen MR) is 62.1 cm³/mol. The van der Waals surface area contributed by atoms with Crippen molar-refractivity contribution in [3.05, 3.63) is 34.9 Å². The minimum atomic E-state index is 0.340. The lowest BCUT2D eigenvalue weighted by molar-refractivity contribution is 0.0149. The van der Waals surface area contributed by atoms with E-state index in [9.17, 15) is 0 Å². The molecule has 0 bridgehead atoms. The average molecular weight is 205 g/mol. The Balaban J connectivity index is 2.15. The van der Waals surface area contributed by atoms with E-state index in [1.807, 2.05) is 0 Å². The van der Waals surface area contributed by atoms with E-state index in [1.165, 1.54) is 16.7 Å². The fourth-order valence-corrected chi connectivity index (χ4v) is 2.11. The summed E-state index contributed by atoms with van der Waals surface area (Å²) in [4.78, 5) is 0. The number of nitrogens with one attached hydrogen (secondary N) is 1. The molecular weight excluding hydrogens is 186 g/mol. The highest BCUT2D eigenvalue weighted by Gasteiger charge is 2.19. The number of hydrogen-bond donors (Lipinski definition) is 1. The fourth-order valence-electron chi connectivity index (χ4n) is 2.11. The Kier molecular flexibility index (Phi) is 3.08. The number of ether oxygens (including phenoxy) is 1.